The van der Waals surface area contributed by atoms with Gasteiger partial charge < -0.3 is 37.3 Å². The standard InChI is InChI=1S/C56H68N7O10PSi/c1-37(2)63(38(3)4)74(70-33-30-57-8)72-49-48(73-75(11,12)55(5,6)7)46(34-69-56(39-18-14-13-15-19-39,40-22-26-42(67-9)27-23-40)41-24-28-43(68-10)29-25-41)71-54(49)62-36-58-47-50(62)59-35-60(53(47)66)31-32-61-51(64)44-20-16-17-21-45(44)52(61)65/h13-29,35-38,46,48-49,54H,30-34H2,1-7,9-12H3/t46-,48-,49-,54-,74?/m1/s1. The summed E-state index contributed by atoms with van der Waals surface area (Å²) in [4.78, 5) is 55.1. The predicted octanol–water partition coefficient (Wildman–Crippen LogP) is 9.87. The van der Waals surface area contributed by atoms with Gasteiger partial charge in [-0.25, -0.2) is 21.2 Å². The first kappa shape index (κ1) is 55.1. The van der Waals surface area contributed by atoms with Crippen LogP contribution in [0.1, 0.15) is 92.1 Å². The highest BCUT2D eigenvalue weighted by atomic mass is 31.2. The highest BCUT2D eigenvalue weighted by Crippen LogP contribution is 2.53. The highest BCUT2D eigenvalue weighted by molar-refractivity contribution is 7.44. The quantitative estimate of drug-likeness (QED) is 0.0158. The maximum absolute atomic E-state index is 14.4. The molecule has 19 heteroatoms. The number of hydrogen-bond acceptors (Lipinski definition) is 13. The summed E-state index contributed by atoms with van der Waals surface area (Å²) in [5, 5.41) is -0.263. The van der Waals surface area contributed by atoms with Crippen molar-refractivity contribution in [2.45, 2.75) is 115 Å². The van der Waals surface area contributed by atoms with Gasteiger partial charge >= 0.3 is 0 Å². The van der Waals surface area contributed by atoms with E-state index < -0.39 is 64.4 Å². The zero-order chi connectivity index (χ0) is 53.8. The van der Waals surface area contributed by atoms with Gasteiger partial charge in [0.2, 0.25) is 6.54 Å². The summed E-state index contributed by atoms with van der Waals surface area (Å²) in [5.41, 5.74) is 1.75. The summed E-state index contributed by atoms with van der Waals surface area (Å²) >= 11 is 0. The zero-order valence-corrected chi connectivity index (χ0v) is 46.5. The molecular weight excluding hydrogens is 990 g/mol. The molecule has 75 heavy (non-hydrogen) atoms. The molecule has 4 aromatic carbocycles. The highest BCUT2D eigenvalue weighted by Gasteiger charge is 2.55. The van der Waals surface area contributed by atoms with E-state index in [1.807, 2.05) is 78.9 Å². The molecule has 0 bridgehead atoms. The van der Waals surface area contributed by atoms with E-state index in [-0.39, 0.29) is 61.1 Å². The molecule has 0 radical (unpaired) electrons. The van der Waals surface area contributed by atoms with Crippen LogP contribution in [0.15, 0.2) is 121 Å². The number of nitrogens with zero attached hydrogens (tertiary/aromatic N) is 7. The first-order valence-corrected chi connectivity index (χ1v) is 29.3. The number of rotatable bonds is 22. The van der Waals surface area contributed by atoms with Gasteiger partial charge in [-0.2, -0.15) is 0 Å². The van der Waals surface area contributed by atoms with E-state index in [1.165, 1.54) is 17.2 Å². The number of carbonyl (C=O) groups excluding carboxylic acids is 2. The summed E-state index contributed by atoms with van der Waals surface area (Å²) in [6, 6.07) is 32.3. The van der Waals surface area contributed by atoms with Crippen molar-refractivity contribution in [2.24, 2.45) is 0 Å². The Bertz CT molecular complexity index is 2960. The number of amides is 2. The van der Waals surface area contributed by atoms with Gasteiger partial charge in [0.1, 0.15) is 48.3 Å². The minimum absolute atomic E-state index is 0.00829. The third-order valence-electron chi connectivity index (χ3n) is 14.3. The fraction of sp³-hybridized carbons (Fsp3) is 0.429. The number of ether oxygens (including phenoxy) is 4. The molecule has 0 aliphatic carbocycles. The van der Waals surface area contributed by atoms with Gasteiger partial charge in [0.15, 0.2) is 25.7 Å². The van der Waals surface area contributed by atoms with E-state index >= 15 is 0 Å². The smallest absolute Gasteiger partial charge is 0.281 e. The van der Waals surface area contributed by atoms with Crippen molar-refractivity contribution in [1.82, 2.24) is 28.7 Å². The molecule has 0 saturated carbocycles. The Morgan fingerprint density at radius 1 is 0.760 bits per heavy atom. The van der Waals surface area contributed by atoms with E-state index in [9.17, 15) is 14.4 Å². The van der Waals surface area contributed by atoms with Gasteiger partial charge in [0.25, 0.3) is 25.9 Å². The van der Waals surface area contributed by atoms with Crippen LogP contribution >= 0.6 is 8.53 Å². The van der Waals surface area contributed by atoms with Gasteiger partial charge in [-0.05, 0) is 98.9 Å². The fourth-order valence-electron chi connectivity index (χ4n) is 9.45. The Morgan fingerprint density at radius 2 is 1.32 bits per heavy atom. The Morgan fingerprint density at radius 3 is 1.85 bits per heavy atom. The van der Waals surface area contributed by atoms with E-state index in [1.54, 1.807) is 43.1 Å². The molecule has 1 fully saturated rings. The summed E-state index contributed by atoms with van der Waals surface area (Å²) in [6.45, 7) is 27.0. The van der Waals surface area contributed by atoms with Crippen LogP contribution in [-0.2, 0) is 35.1 Å². The molecule has 396 valence electrons. The first-order chi connectivity index (χ1) is 35.8. The third kappa shape index (κ3) is 11.1. The summed E-state index contributed by atoms with van der Waals surface area (Å²) in [5.74, 6) is 0.533. The number of benzene rings is 4. The Balaban J connectivity index is 1.25. The van der Waals surface area contributed by atoms with Gasteiger partial charge in [-0.1, -0.05) is 87.5 Å². The van der Waals surface area contributed by atoms with Crippen molar-refractivity contribution >= 4 is 39.8 Å². The lowest BCUT2D eigenvalue weighted by atomic mass is 9.80. The molecule has 2 amide bonds. The number of carbonyl (C=O) groups is 2. The molecule has 2 aromatic heterocycles. The number of imidazole rings is 1. The molecule has 2 aliphatic heterocycles. The first-order valence-electron chi connectivity index (χ1n) is 25.3. The number of fused-ring (bicyclic) bond motifs is 2. The van der Waals surface area contributed by atoms with Gasteiger partial charge in [0, 0.05) is 25.2 Å². The Kier molecular flexibility index (Phi) is 16.9. The van der Waals surface area contributed by atoms with Crippen molar-refractivity contribution in [3.05, 3.63) is 165 Å². The molecule has 8 rings (SSSR count). The SMILES string of the molecule is [C-]#[N+]CCOP(O[C@@H]1[C@H](O[Si](C)(C)C(C)(C)C)[C@@H](COC(c2ccccc2)(c2ccc(OC)cc2)c2ccc(OC)cc2)O[C@H]1n1cnc2c(=O)n(CCN3C(=O)c4ccccc4C3=O)cnc21)N(C(C)C)C(C)C. The predicted molar refractivity (Wildman–Crippen MR) is 289 cm³/mol. The normalized spacial score (nSPS) is 18.6. The minimum atomic E-state index is -2.71. The topological polar surface area (TPSA) is 162 Å². The van der Waals surface area contributed by atoms with E-state index in [0.29, 0.717) is 22.6 Å². The molecule has 2 aliphatic rings. The third-order valence-corrected chi connectivity index (χ3v) is 20.9. The minimum Gasteiger partial charge on any atom is -0.497 e. The van der Waals surface area contributed by atoms with Crippen LogP contribution in [0.25, 0.3) is 16.0 Å². The number of methoxy groups -OCH3 is 2. The van der Waals surface area contributed by atoms with Crippen LogP contribution in [-0.4, -0.2) is 120 Å². The molecule has 1 saturated heterocycles. The van der Waals surface area contributed by atoms with Crippen molar-refractivity contribution in [3.63, 3.8) is 0 Å². The van der Waals surface area contributed by atoms with Crippen molar-refractivity contribution in [2.75, 3.05) is 40.5 Å². The van der Waals surface area contributed by atoms with Gasteiger partial charge in [-0.15, -0.1) is 0 Å². The summed E-state index contributed by atoms with van der Waals surface area (Å²) < 4.78 is 52.9. The Labute approximate surface area is 441 Å². The lowest BCUT2D eigenvalue weighted by Gasteiger charge is -2.42. The number of imide groups is 1. The van der Waals surface area contributed by atoms with Crippen LogP contribution in [0, 0.1) is 6.57 Å². The maximum Gasteiger partial charge on any atom is 0.281 e. The fourth-order valence-corrected chi connectivity index (χ4v) is 12.5. The Hall–Kier alpha value is -6.13. The zero-order valence-electron chi connectivity index (χ0n) is 44.6. The van der Waals surface area contributed by atoms with Crippen LogP contribution in [0.3, 0.4) is 0 Å². The molecule has 1 unspecified atom stereocenters. The van der Waals surface area contributed by atoms with Crippen LogP contribution in [0.4, 0.5) is 0 Å². The summed E-state index contributed by atoms with van der Waals surface area (Å²) in [7, 11) is -1.32. The van der Waals surface area contributed by atoms with E-state index in [4.69, 9.17) is 44.0 Å². The maximum atomic E-state index is 14.4. The van der Waals surface area contributed by atoms with Crippen molar-refractivity contribution < 1.29 is 42.0 Å². The average Bonchev–Trinajstić information content (AvgIpc) is 4.05. The van der Waals surface area contributed by atoms with Gasteiger partial charge in [-0.3, -0.25) is 28.4 Å². The lowest BCUT2D eigenvalue weighted by molar-refractivity contribution is -0.0928. The second-order valence-electron chi connectivity index (χ2n) is 20.7. The molecule has 6 aromatic rings. The van der Waals surface area contributed by atoms with Crippen molar-refractivity contribution in [3.8, 4) is 11.5 Å². The number of hydrogen-bond donors (Lipinski definition) is 0. The molecule has 0 spiro atoms. The van der Waals surface area contributed by atoms with E-state index in [0.717, 1.165) is 21.6 Å². The second kappa shape index (κ2) is 23.0. The lowest BCUT2D eigenvalue weighted by Crippen LogP contribution is -2.51. The van der Waals surface area contributed by atoms with Crippen LogP contribution < -0.4 is 15.0 Å². The average molecular weight is 1060 g/mol. The molecule has 0 N–H and O–H groups in total. The van der Waals surface area contributed by atoms with Gasteiger partial charge in [0.05, 0.1) is 38.3 Å². The second-order valence-corrected chi connectivity index (χ2v) is 26.9. The van der Waals surface area contributed by atoms with Crippen LogP contribution in [0.5, 0.6) is 11.5 Å². The molecule has 4 heterocycles. The summed E-state index contributed by atoms with van der Waals surface area (Å²) in [6.07, 6.45) is -0.636. The monoisotopic (exact) mass is 1060 g/mol. The molecule has 5 atom stereocenters. The largest absolute Gasteiger partial charge is 0.497 e. The number of aromatic nitrogens is 4. The molecular formula is C56H68N7O10PSi. The van der Waals surface area contributed by atoms with E-state index in [2.05, 4.69) is 76.1 Å². The van der Waals surface area contributed by atoms with Crippen molar-refractivity contribution in [1.29, 1.82) is 0 Å². The molecule has 17 nitrogen and oxygen atoms in total. The van der Waals surface area contributed by atoms with Crippen LogP contribution in [0.2, 0.25) is 18.1 Å².